The van der Waals surface area contributed by atoms with Gasteiger partial charge in [0.2, 0.25) is 0 Å². The minimum atomic E-state index is -0.122. The van der Waals surface area contributed by atoms with Crippen molar-refractivity contribution in [3.8, 4) is 0 Å². The minimum absolute atomic E-state index is 0.122. The number of para-hydroxylation sites is 1. The zero-order valence-corrected chi connectivity index (χ0v) is 21.3. The van der Waals surface area contributed by atoms with Crippen LogP contribution in [0.4, 0.5) is 11.4 Å². The van der Waals surface area contributed by atoms with Gasteiger partial charge in [-0.25, -0.2) is 0 Å². The Kier molecular flexibility index (Phi) is 7.43. The molecule has 0 radical (unpaired) electrons. The number of hydrazone groups is 1. The SMILES string of the molecule is CCN(CC)c1ccc(C=CC(=C2C(=O)N(c3ccccc3)N=C2C)c2ccc(Br)cc2)cc1. The van der Waals surface area contributed by atoms with Crippen molar-refractivity contribution in [2.45, 2.75) is 20.8 Å². The molecular formula is C29H28BrN3O. The number of allylic oxidation sites excluding steroid dienone is 2. The van der Waals surface area contributed by atoms with Crippen LogP contribution in [-0.4, -0.2) is 24.7 Å². The topological polar surface area (TPSA) is 35.9 Å². The molecule has 5 heteroatoms. The van der Waals surface area contributed by atoms with Gasteiger partial charge in [-0.3, -0.25) is 4.79 Å². The van der Waals surface area contributed by atoms with E-state index in [0.29, 0.717) is 11.3 Å². The smallest absolute Gasteiger partial charge is 0.281 e. The molecule has 3 aromatic rings. The van der Waals surface area contributed by atoms with E-state index in [-0.39, 0.29) is 5.91 Å². The van der Waals surface area contributed by atoms with E-state index in [9.17, 15) is 4.79 Å². The van der Waals surface area contributed by atoms with Crippen LogP contribution in [0.25, 0.3) is 11.6 Å². The summed E-state index contributed by atoms with van der Waals surface area (Å²) >= 11 is 3.51. The molecular weight excluding hydrogens is 486 g/mol. The second kappa shape index (κ2) is 10.7. The number of benzene rings is 3. The van der Waals surface area contributed by atoms with Crippen molar-refractivity contribution >= 4 is 50.6 Å². The van der Waals surface area contributed by atoms with Gasteiger partial charge in [-0.15, -0.1) is 0 Å². The molecule has 1 aliphatic heterocycles. The molecule has 0 saturated carbocycles. The highest BCUT2D eigenvalue weighted by Crippen LogP contribution is 2.31. The van der Waals surface area contributed by atoms with Gasteiger partial charge in [-0.1, -0.05) is 70.5 Å². The standard InChI is InChI=1S/C29H28BrN3O/c1-4-32(5-2)25-18-11-22(12-19-25)13-20-27(23-14-16-24(30)17-15-23)28-21(3)31-33(29(28)34)26-9-7-6-8-10-26/h6-20H,4-5H2,1-3H3. The Morgan fingerprint density at radius 3 is 2.21 bits per heavy atom. The molecule has 1 aliphatic rings. The van der Waals surface area contributed by atoms with Crippen molar-refractivity contribution in [1.82, 2.24) is 0 Å². The summed E-state index contributed by atoms with van der Waals surface area (Å²) in [6, 6.07) is 26.1. The van der Waals surface area contributed by atoms with Crippen molar-refractivity contribution in [2.24, 2.45) is 5.10 Å². The van der Waals surface area contributed by atoms with Crippen LogP contribution in [0.1, 0.15) is 31.9 Å². The Morgan fingerprint density at radius 2 is 1.59 bits per heavy atom. The summed E-state index contributed by atoms with van der Waals surface area (Å²) in [5.41, 5.74) is 6.17. The first-order chi connectivity index (χ1) is 16.5. The summed E-state index contributed by atoms with van der Waals surface area (Å²) in [5, 5.41) is 6.07. The van der Waals surface area contributed by atoms with Gasteiger partial charge in [0.25, 0.3) is 5.91 Å². The van der Waals surface area contributed by atoms with E-state index >= 15 is 0 Å². The third-order valence-corrected chi connectivity index (χ3v) is 6.44. The molecule has 172 valence electrons. The predicted molar refractivity (Wildman–Crippen MR) is 147 cm³/mol. The van der Waals surface area contributed by atoms with Crippen LogP contribution in [-0.2, 0) is 4.79 Å². The van der Waals surface area contributed by atoms with E-state index < -0.39 is 0 Å². The maximum Gasteiger partial charge on any atom is 0.281 e. The van der Waals surface area contributed by atoms with Crippen molar-refractivity contribution in [1.29, 1.82) is 0 Å². The van der Waals surface area contributed by atoms with Crippen LogP contribution in [0.5, 0.6) is 0 Å². The molecule has 0 bridgehead atoms. The number of anilines is 2. The number of rotatable bonds is 7. The molecule has 1 amide bonds. The second-order valence-corrected chi connectivity index (χ2v) is 8.95. The summed E-state index contributed by atoms with van der Waals surface area (Å²) in [5.74, 6) is -0.122. The number of halogens is 1. The molecule has 0 saturated heterocycles. The summed E-state index contributed by atoms with van der Waals surface area (Å²) in [7, 11) is 0. The highest BCUT2D eigenvalue weighted by molar-refractivity contribution is 9.10. The van der Waals surface area contributed by atoms with E-state index in [2.05, 4.69) is 70.1 Å². The Hall–Kier alpha value is -3.44. The lowest BCUT2D eigenvalue weighted by Gasteiger charge is -2.20. The van der Waals surface area contributed by atoms with E-state index in [1.807, 2.05) is 67.6 Å². The molecule has 0 aliphatic carbocycles. The zero-order valence-electron chi connectivity index (χ0n) is 19.7. The second-order valence-electron chi connectivity index (χ2n) is 8.03. The van der Waals surface area contributed by atoms with Crippen LogP contribution >= 0.6 is 15.9 Å². The summed E-state index contributed by atoms with van der Waals surface area (Å²) in [6.45, 7) is 8.17. The van der Waals surface area contributed by atoms with Crippen LogP contribution in [0.15, 0.2) is 100 Å². The van der Waals surface area contributed by atoms with Crippen molar-refractivity contribution in [3.05, 3.63) is 106 Å². The third kappa shape index (κ3) is 5.05. The Bertz CT molecular complexity index is 1240. The van der Waals surface area contributed by atoms with Gasteiger partial charge in [0, 0.05) is 23.2 Å². The van der Waals surface area contributed by atoms with Gasteiger partial charge < -0.3 is 4.90 Å². The average Bonchev–Trinajstić information content (AvgIpc) is 3.16. The van der Waals surface area contributed by atoms with Gasteiger partial charge in [-0.2, -0.15) is 10.1 Å². The fraction of sp³-hybridized carbons (Fsp3) is 0.172. The van der Waals surface area contributed by atoms with Gasteiger partial charge in [0.1, 0.15) is 0 Å². The number of carbonyl (C=O) groups excluding carboxylic acids is 1. The van der Waals surface area contributed by atoms with Crippen molar-refractivity contribution < 1.29 is 4.79 Å². The molecule has 0 atom stereocenters. The monoisotopic (exact) mass is 513 g/mol. The molecule has 0 fully saturated rings. The molecule has 4 nitrogen and oxygen atoms in total. The molecule has 4 rings (SSSR count). The average molecular weight is 514 g/mol. The van der Waals surface area contributed by atoms with Crippen LogP contribution < -0.4 is 9.91 Å². The predicted octanol–water partition coefficient (Wildman–Crippen LogP) is 7.19. The van der Waals surface area contributed by atoms with E-state index in [4.69, 9.17) is 0 Å². The largest absolute Gasteiger partial charge is 0.372 e. The lowest BCUT2D eigenvalue weighted by molar-refractivity contribution is -0.114. The molecule has 34 heavy (non-hydrogen) atoms. The third-order valence-electron chi connectivity index (χ3n) is 5.91. The van der Waals surface area contributed by atoms with Gasteiger partial charge in [-0.05, 0) is 73.9 Å². The van der Waals surface area contributed by atoms with E-state index in [0.717, 1.165) is 39.9 Å². The Balaban J connectivity index is 1.74. The van der Waals surface area contributed by atoms with Crippen LogP contribution in [0, 0.1) is 0 Å². The molecule has 0 aromatic heterocycles. The normalized spacial score (nSPS) is 15.1. The molecule has 1 heterocycles. The number of hydrogen-bond acceptors (Lipinski definition) is 3. The maximum absolute atomic E-state index is 13.5. The van der Waals surface area contributed by atoms with Gasteiger partial charge >= 0.3 is 0 Å². The number of nitrogens with zero attached hydrogens (tertiary/aromatic N) is 3. The fourth-order valence-corrected chi connectivity index (χ4v) is 4.34. The summed E-state index contributed by atoms with van der Waals surface area (Å²) in [4.78, 5) is 15.8. The first kappa shape index (κ1) is 23.7. The number of hydrogen-bond donors (Lipinski definition) is 0. The Labute approximate surface area is 210 Å². The highest BCUT2D eigenvalue weighted by atomic mass is 79.9. The molecule has 0 N–H and O–H groups in total. The Morgan fingerprint density at radius 1 is 0.941 bits per heavy atom. The van der Waals surface area contributed by atoms with Gasteiger partial charge in [0.05, 0.1) is 17.0 Å². The van der Waals surface area contributed by atoms with Crippen molar-refractivity contribution in [3.63, 3.8) is 0 Å². The quantitative estimate of drug-likeness (QED) is 0.313. The lowest BCUT2D eigenvalue weighted by Crippen LogP contribution is -2.22. The first-order valence-electron chi connectivity index (χ1n) is 11.5. The molecule has 0 unspecified atom stereocenters. The highest BCUT2D eigenvalue weighted by Gasteiger charge is 2.31. The van der Waals surface area contributed by atoms with Crippen molar-refractivity contribution in [2.75, 3.05) is 23.0 Å². The summed E-state index contributed by atoms with van der Waals surface area (Å²) < 4.78 is 0.991. The molecule has 0 spiro atoms. The van der Waals surface area contributed by atoms with Crippen LogP contribution in [0.3, 0.4) is 0 Å². The fourth-order valence-electron chi connectivity index (χ4n) is 4.08. The zero-order chi connectivity index (χ0) is 24.1. The molecule has 3 aromatic carbocycles. The number of amides is 1. The van der Waals surface area contributed by atoms with Crippen LogP contribution in [0.2, 0.25) is 0 Å². The summed E-state index contributed by atoms with van der Waals surface area (Å²) in [6.07, 6.45) is 4.08. The number of carbonyl (C=O) groups is 1. The van der Waals surface area contributed by atoms with Gasteiger partial charge in [0.15, 0.2) is 0 Å². The maximum atomic E-state index is 13.5. The minimum Gasteiger partial charge on any atom is -0.372 e. The van der Waals surface area contributed by atoms with E-state index in [1.54, 1.807) is 0 Å². The first-order valence-corrected chi connectivity index (χ1v) is 12.3. The lowest BCUT2D eigenvalue weighted by atomic mass is 9.96. The van der Waals surface area contributed by atoms with E-state index in [1.165, 1.54) is 10.7 Å².